The van der Waals surface area contributed by atoms with Gasteiger partial charge in [-0.2, -0.15) is 4.52 Å². The summed E-state index contributed by atoms with van der Waals surface area (Å²) >= 11 is 17.8. The zero-order chi connectivity index (χ0) is 24.1. The van der Waals surface area contributed by atoms with Gasteiger partial charge >= 0.3 is 0 Å². The molecule has 176 valence electrons. The van der Waals surface area contributed by atoms with Gasteiger partial charge in [-0.3, -0.25) is 4.79 Å². The largest absolute Gasteiger partial charge is 0.497 e. The van der Waals surface area contributed by atoms with E-state index in [1.165, 1.54) is 12.1 Å². The number of halogens is 3. The highest BCUT2D eigenvalue weighted by Gasteiger charge is 2.12. The van der Waals surface area contributed by atoms with Gasteiger partial charge in [-0.15, -0.1) is 15.3 Å². The van der Waals surface area contributed by atoms with Crippen LogP contribution in [0.3, 0.4) is 0 Å². The lowest BCUT2D eigenvalue weighted by atomic mass is 10.2. The highest BCUT2D eigenvalue weighted by molar-refractivity contribution is 6.43. The van der Waals surface area contributed by atoms with Crippen LogP contribution in [0.5, 0.6) is 17.4 Å². The van der Waals surface area contributed by atoms with Crippen LogP contribution < -0.4 is 19.5 Å². The van der Waals surface area contributed by atoms with E-state index in [0.717, 1.165) is 11.3 Å². The lowest BCUT2D eigenvalue weighted by Crippen LogP contribution is -2.32. The summed E-state index contributed by atoms with van der Waals surface area (Å²) in [7, 11) is 1.60. The van der Waals surface area contributed by atoms with E-state index in [9.17, 15) is 4.79 Å². The molecule has 0 saturated carbocycles. The Bertz CT molecular complexity index is 1310. The molecule has 34 heavy (non-hydrogen) atoms. The second-order valence-electron chi connectivity index (χ2n) is 6.88. The zero-order valence-electron chi connectivity index (χ0n) is 17.8. The molecule has 2 heterocycles. The smallest absolute Gasteiger partial charge is 0.258 e. The summed E-state index contributed by atoms with van der Waals surface area (Å²) in [4.78, 5) is 12.0. The van der Waals surface area contributed by atoms with Crippen LogP contribution in [-0.4, -0.2) is 52.6 Å². The first-order valence-electron chi connectivity index (χ1n) is 9.98. The maximum Gasteiger partial charge on any atom is 0.258 e. The Balaban J connectivity index is 1.30. The first-order valence-corrected chi connectivity index (χ1v) is 11.1. The molecule has 0 aliphatic rings. The standard InChI is InChI=1S/C22H18Cl3N5O4/c1-32-14-4-2-13(3-5-14)22-28-27-19-6-7-21(29-30(19)22)33-9-8-26-20(31)12-34-18-11-16(24)15(23)10-17(18)25/h2-7,10-11H,8-9,12H2,1H3,(H,26,31). The number of nitrogens with one attached hydrogen (secondary N) is 1. The molecule has 0 unspecified atom stereocenters. The maximum absolute atomic E-state index is 12.0. The van der Waals surface area contributed by atoms with Crippen molar-refractivity contribution in [2.75, 3.05) is 26.9 Å². The number of amides is 1. The second kappa shape index (κ2) is 10.8. The predicted molar refractivity (Wildman–Crippen MR) is 128 cm³/mol. The van der Waals surface area contributed by atoms with Gasteiger partial charge in [0, 0.05) is 17.7 Å². The van der Waals surface area contributed by atoms with Gasteiger partial charge in [-0.25, -0.2) is 0 Å². The molecular formula is C22H18Cl3N5O4. The minimum atomic E-state index is -0.352. The van der Waals surface area contributed by atoms with E-state index in [0.29, 0.717) is 22.4 Å². The molecule has 0 bridgehead atoms. The highest BCUT2D eigenvalue weighted by atomic mass is 35.5. The minimum Gasteiger partial charge on any atom is -0.497 e. The highest BCUT2D eigenvalue weighted by Crippen LogP contribution is 2.33. The van der Waals surface area contributed by atoms with Gasteiger partial charge in [0.25, 0.3) is 5.91 Å². The van der Waals surface area contributed by atoms with Crippen LogP contribution in [-0.2, 0) is 4.79 Å². The van der Waals surface area contributed by atoms with Gasteiger partial charge in [-0.1, -0.05) is 34.8 Å². The zero-order valence-corrected chi connectivity index (χ0v) is 20.1. The Hall–Kier alpha value is -3.27. The van der Waals surface area contributed by atoms with Crippen LogP contribution in [0.25, 0.3) is 17.0 Å². The number of carbonyl (C=O) groups excluding carboxylic acids is 1. The number of ether oxygens (including phenoxy) is 3. The summed E-state index contributed by atoms with van der Waals surface area (Å²) in [5.74, 6) is 1.57. The molecule has 0 saturated heterocycles. The van der Waals surface area contributed by atoms with E-state index in [2.05, 4.69) is 20.6 Å². The quantitative estimate of drug-likeness (QED) is 0.258. The van der Waals surface area contributed by atoms with Gasteiger partial charge in [0.15, 0.2) is 18.1 Å². The Morgan fingerprint density at radius 1 is 0.971 bits per heavy atom. The van der Waals surface area contributed by atoms with Crippen molar-refractivity contribution in [2.24, 2.45) is 0 Å². The van der Waals surface area contributed by atoms with E-state index in [1.807, 2.05) is 24.3 Å². The van der Waals surface area contributed by atoms with Crippen LogP contribution in [0.4, 0.5) is 0 Å². The van der Waals surface area contributed by atoms with Crippen molar-refractivity contribution in [3.8, 4) is 28.8 Å². The summed E-state index contributed by atoms with van der Waals surface area (Å²) < 4.78 is 17.8. The summed E-state index contributed by atoms with van der Waals surface area (Å²) in [6.07, 6.45) is 0. The van der Waals surface area contributed by atoms with Crippen LogP contribution in [0.1, 0.15) is 0 Å². The van der Waals surface area contributed by atoms with Crippen molar-refractivity contribution in [1.29, 1.82) is 0 Å². The third-order valence-corrected chi connectivity index (χ3v) is 5.61. The average molecular weight is 523 g/mol. The van der Waals surface area contributed by atoms with Crippen LogP contribution >= 0.6 is 34.8 Å². The van der Waals surface area contributed by atoms with Gasteiger partial charge in [0.05, 0.1) is 28.7 Å². The van der Waals surface area contributed by atoms with Crippen molar-refractivity contribution in [1.82, 2.24) is 25.1 Å². The molecule has 2 aromatic carbocycles. The van der Waals surface area contributed by atoms with E-state index in [-0.39, 0.29) is 41.5 Å². The summed E-state index contributed by atoms with van der Waals surface area (Å²) in [6.45, 7) is 0.191. The monoisotopic (exact) mass is 521 g/mol. The van der Waals surface area contributed by atoms with Crippen LogP contribution in [0, 0.1) is 0 Å². The van der Waals surface area contributed by atoms with Crippen molar-refractivity contribution in [2.45, 2.75) is 0 Å². The molecule has 4 rings (SSSR count). The number of hydrogen-bond acceptors (Lipinski definition) is 7. The van der Waals surface area contributed by atoms with Gasteiger partial charge < -0.3 is 19.5 Å². The molecular weight excluding hydrogens is 505 g/mol. The number of rotatable bonds is 9. The third kappa shape index (κ3) is 5.61. The van der Waals surface area contributed by atoms with Crippen molar-refractivity contribution >= 4 is 46.4 Å². The molecule has 0 aliphatic heterocycles. The summed E-state index contributed by atoms with van der Waals surface area (Å²) in [5, 5.41) is 16.3. The molecule has 0 atom stereocenters. The molecule has 0 radical (unpaired) electrons. The Morgan fingerprint density at radius 3 is 2.50 bits per heavy atom. The number of aromatic nitrogens is 4. The van der Waals surface area contributed by atoms with E-state index < -0.39 is 0 Å². The number of nitrogens with zero attached hydrogens (tertiary/aromatic N) is 4. The number of carbonyl (C=O) groups is 1. The lowest BCUT2D eigenvalue weighted by molar-refractivity contribution is -0.123. The van der Waals surface area contributed by atoms with Crippen LogP contribution in [0.15, 0.2) is 48.5 Å². The van der Waals surface area contributed by atoms with Gasteiger partial charge in [-0.05, 0) is 36.4 Å². The first kappa shape index (κ1) is 23.9. The Labute approximate surface area is 209 Å². The third-order valence-electron chi connectivity index (χ3n) is 4.59. The molecule has 1 amide bonds. The van der Waals surface area contributed by atoms with E-state index in [4.69, 9.17) is 49.0 Å². The second-order valence-corrected chi connectivity index (χ2v) is 8.10. The predicted octanol–water partition coefficient (Wildman–Crippen LogP) is 4.33. The molecule has 0 spiro atoms. The fourth-order valence-corrected chi connectivity index (χ4v) is 3.52. The minimum absolute atomic E-state index is 0.192. The molecule has 4 aromatic rings. The fraction of sp³-hybridized carbons (Fsp3) is 0.182. The van der Waals surface area contributed by atoms with Crippen molar-refractivity contribution < 1.29 is 19.0 Å². The number of hydrogen-bond donors (Lipinski definition) is 1. The maximum atomic E-state index is 12.0. The molecule has 0 fully saturated rings. The van der Waals surface area contributed by atoms with E-state index >= 15 is 0 Å². The fourth-order valence-electron chi connectivity index (χ4n) is 2.92. The van der Waals surface area contributed by atoms with E-state index in [1.54, 1.807) is 23.8 Å². The Kier molecular flexibility index (Phi) is 7.56. The normalized spacial score (nSPS) is 10.8. The molecule has 12 heteroatoms. The van der Waals surface area contributed by atoms with Gasteiger partial charge in [0.2, 0.25) is 5.88 Å². The van der Waals surface area contributed by atoms with Crippen LogP contribution in [0.2, 0.25) is 15.1 Å². The van der Waals surface area contributed by atoms with Crippen molar-refractivity contribution in [3.05, 3.63) is 63.6 Å². The molecule has 9 nitrogen and oxygen atoms in total. The molecule has 1 N–H and O–H groups in total. The van der Waals surface area contributed by atoms with Gasteiger partial charge in [0.1, 0.15) is 18.1 Å². The van der Waals surface area contributed by atoms with Crippen molar-refractivity contribution in [3.63, 3.8) is 0 Å². The first-order chi connectivity index (χ1) is 16.4. The number of benzene rings is 2. The SMILES string of the molecule is COc1ccc(-c2nnc3ccc(OCCNC(=O)COc4cc(Cl)c(Cl)cc4Cl)nn23)cc1. The molecule has 0 aliphatic carbocycles. The topological polar surface area (TPSA) is 99.9 Å². The Morgan fingerprint density at radius 2 is 1.74 bits per heavy atom. The lowest BCUT2D eigenvalue weighted by Gasteiger charge is -2.10. The average Bonchev–Trinajstić information content (AvgIpc) is 3.26. The summed E-state index contributed by atoms with van der Waals surface area (Å²) in [6, 6.07) is 13.7. The summed E-state index contributed by atoms with van der Waals surface area (Å²) in [5.41, 5.74) is 1.40. The number of fused-ring (bicyclic) bond motifs is 1. The number of methoxy groups -OCH3 is 1. The molecule has 2 aromatic heterocycles.